The second-order valence-electron chi connectivity index (χ2n) is 6.65. The molecule has 102 valence electrons. The highest BCUT2D eigenvalue weighted by atomic mass is 16.4. The molecule has 0 aliphatic heterocycles. The van der Waals surface area contributed by atoms with E-state index in [9.17, 15) is 9.90 Å². The molecule has 3 nitrogen and oxygen atoms in total. The zero-order chi connectivity index (χ0) is 14.4. The Morgan fingerprint density at radius 2 is 1.89 bits per heavy atom. The SMILES string of the molecule is BC(CNC(C)(C)CCCCC)C(B)(B)C(=O)O. The van der Waals surface area contributed by atoms with E-state index < -0.39 is 11.2 Å². The van der Waals surface area contributed by atoms with Gasteiger partial charge in [0.05, 0.1) is 0 Å². The third-order valence-electron chi connectivity index (χ3n) is 4.08. The summed E-state index contributed by atoms with van der Waals surface area (Å²) in [6, 6.07) is 0. The molecule has 0 aromatic carbocycles. The third-order valence-corrected chi connectivity index (χ3v) is 4.08. The molecule has 0 aromatic rings. The van der Waals surface area contributed by atoms with Crippen molar-refractivity contribution < 1.29 is 9.90 Å². The van der Waals surface area contributed by atoms with Crippen molar-refractivity contribution >= 4 is 29.5 Å². The summed E-state index contributed by atoms with van der Waals surface area (Å²) in [6.07, 6.45) is 4.87. The Bertz CT molecular complexity index is 270. The molecule has 0 aromatic heterocycles. The van der Waals surface area contributed by atoms with Gasteiger partial charge in [-0.05, 0) is 26.8 Å². The summed E-state index contributed by atoms with van der Waals surface area (Å²) < 4.78 is 0. The number of hydrogen-bond donors (Lipinski definition) is 2. The summed E-state index contributed by atoms with van der Waals surface area (Å²) in [5.74, 6) is -0.610. The van der Waals surface area contributed by atoms with Gasteiger partial charge in [0.15, 0.2) is 0 Å². The number of rotatable bonds is 9. The van der Waals surface area contributed by atoms with E-state index in [1.807, 2.05) is 7.85 Å². The Hall–Kier alpha value is -0.375. The minimum Gasteiger partial charge on any atom is -0.482 e. The number of carbonyl (C=O) groups is 1. The molecule has 0 rings (SSSR count). The highest BCUT2D eigenvalue weighted by Gasteiger charge is 2.33. The normalized spacial score (nSPS) is 14.4. The van der Waals surface area contributed by atoms with E-state index >= 15 is 0 Å². The second kappa shape index (κ2) is 7.27. The minimum atomic E-state index is -0.722. The van der Waals surface area contributed by atoms with Crippen LogP contribution in [0.25, 0.3) is 0 Å². The van der Waals surface area contributed by atoms with Gasteiger partial charge >= 0.3 is 0 Å². The van der Waals surface area contributed by atoms with Gasteiger partial charge in [0.2, 0.25) is 0 Å². The Morgan fingerprint density at radius 3 is 2.33 bits per heavy atom. The van der Waals surface area contributed by atoms with Gasteiger partial charge in [0.25, 0.3) is 5.97 Å². The van der Waals surface area contributed by atoms with Gasteiger partial charge in [-0.15, -0.1) is 0 Å². The second-order valence-corrected chi connectivity index (χ2v) is 6.65. The van der Waals surface area contributed by atoms with Crippen LogP contribution >= 0.6 is 0 Å². The number of aliphatic carboxylic acids is 1. The zero-order valence-corrected chi connectivity index (χ0v) is 13.0. The topological polar surface area (TPSA) is 49.3 Å². The molecule has 1 atom stereocenters. The maximum atomic E-state index is 11.2. The van der Waals surface area contributed by atoms with Crippen molar-refractivity contribution in [3.05, 3.63) is 0 Å². The summed E-state index contributed by atoms with van der Waals surface area (Å²) in [7, 11) is 5.60. The predicted octanol–water partition coefficient (Wildman–Crippen LogP) is -0.177. The van der Waals surface area contributed by atoms with Crippen molar-refractivity contribution in [1.29, 1.82) is 0 Å². The van der Waals surface area contributed by atoms with E-state index in [2.05, 4.69) is 26.1 Å². The number of carboxylic acids is 1. The van der Waals surface area contributed by atoms with Gasteiger partial charge in [-0.3, -0.25) is 4.79 Å². The van der Waals surface area contributed by atoms with Crippen LogP contribution in [0.2, 0.25) is 11.0 Å². The van der Waals surface area contributed by atoms with E-state index in [-0.39, 0.29) is 11.4 Å². The van der Waals surface area contributed by atoms with Crippen molar-refractivity contribution in [2.45, 2.75) is 63.0 Å². The summed E-state index contributed by atoms with van der Waals surface area (Å²) in [4.78, 5) is 11.2. The summed E-state index contributed by atoms with van der Waals surface area (Å²) in [5, 5.41) is 12.0. The Labute approximate surface area is 115 Å². The first-order valence-electron chi connectivity index (χ1n) is 7.12. The first kappa shape index (κ1) is 17.6. The van der Waals surface area contributed by atoms with E-state index in [0.29, 0.717) is 0 Å². The van der Waals surface area contributed by atoms with Gasteiger partial charge in [0.1, 0.15) is 23.5 Å². The van der Waals surface area contributed by atoms with Crippen LogP contribution in [-0.2, 0) is 4.79 Å². The molecule has 1 unspecified atom stereocenters. The van der Waals surface area contributed by atoms with Crippen LogP contribution in [-0.4, -0.2) is 46.7 Å². The maximum absolute atomic E-state index is 11.2. The van der Waals surface area contributed by atoms with Crippen LogP contribution in [0.1, 0.15) is 46.5 Å². The first-order valence-corrected chi connectivity index (χ1v) is 7.12. The fourth-order valence-electron chi connectivity index (χ4n) is 1.80. The van der Waals surface area contributed by atoms with Crippen LogP contribution in [0.15, 0.2) is 0 Å². The highest BCUT2D eigenvalue weighted by molar-refractivity contribution is 6.53. The smallest absolute Gasteiger partial charge is 0.293 e. The molecule has 6 heteroatoms. The van der Waals surface area contributed by atoms with Gasteiger partial charge in [0, 0.05) is 10.8 Å². The first-order chi connectivity index (χ1) is 8.13. The van der Waals surface area contributed by atoms with Gasteiger partial charge in [-0.2, -0.15) is 0 Å². The van der Waals surface area contributed by atoms with Crippen LogP contribution < -0.4 is 5.32 Å². The van der Waals surface area contributed by atoms with Crippen molar-refractivity contribution in [2.24, 2.45) is 0 Å². The van der Waals surface area contributed by atoms with Crippen LogP contribution in [0.4, 0.5) is 0 Å². The average molecular weight is 251 g/mol. The van der Waals surface area contributed by atoms with Crippen LogP contribution in [0.5, 0.6) is 0 Å². The van der Waals surface area contributed by atoms with Gasteiger partial charge < -0.3 is 10.4 Å². The van der Waals surface area contributed by atoms with E-state index in [4.69, 9.17) is 0 Å². The largest absolute Gasteiger partial charge is 0.482 e. The number of nitrogens with one attached hydrogen (secondary N) is 1. The lowest BCUT2D eigenvalue weighted by Gasteiger charge is -2.33. The number of hydrogen-bond acceptors (Lipinski definition) is 2. The Kier molecular flexibility index (Phi) is 7.12. The predicted molar refractivity (Wildman–Crippen MR) is 85.9 cm³/mol. The van der Waals surface area contributed by atoms with Crippen molar-refractivity contribution in [3.63, 3.8) is 0 Å². The molecule has 0 spiro atoms. The number of carboxylic acid groups (broad SMARTS) is 1. The summed E-state index contributed by atoms with van der Waals surface area (Å²) in [5.41, 5.74) is 0.0953. The molecule has 0 saturated heterocycles. The molecular formula is C12H28B3NO2. The molecule has 0 saturated carbocycles. The maximum Gasteiger partial charge on any atom is 0.293 e. The van der Waals surface area contributed by atoms with E-state index in [1.54, 1.807) is 15.7 Å². The lowest BCUT2D eigenvalue weighted by atomic mass is 9.43. The van der Waals surface area contributed by atoms with Gasteiger partial charge in [-0.1, -0.05) is 32.0 Å². The molecule has 0 aliphatic carbocycles. The molecule has 0 heterocycles. The lowest BCUT2D eigenvalue weighted by Crippen LogP contribution is -2.44. The van der Waals surface area contributed by atoms with Crippen molar-refractivity contribution in [3.8, 4) is 0 Å². The third kappa shape index (κ3) is 5.99. The molecule has 2 N–H and O–H groups in total. The van der Waals surface area contributed by atoms with Crippen molar-refractivity contribution in [2.75, 3.05) is 6.54 Å². The van der Waals surface area contributed by atoms with Crippen LogP contribution in [0.3, 0.4) is 0 Å². The molecule has 0 radical (unpaired) electrons. The van der Waals surface area contributed by atoms with Crippen LogP contribution in [0, 0.1) is 0 Å². The fourth-order valence-corrected chi connectivity index (χ4v) is 1.80. The standard InChI is InChI=1S/C12H28B3NO2/c1-4-5-6-7-11(2,3)16-8-9(13)12(14,15)10(17)18/h9,16H,4-8,13-15H2,1-3H3,(H,17,18). The average Bonchev–Trinajstić information content (AvgIpc) is 2.25. The summed E-state index contributed by atoms with van der Waals surface area (Å²) >= 11 is 0. The number of unbranched alkanes of at least 4 members (excludes halogenated alkanes) is 2. The molecule has 0 fully saturated rings. The minimum absolute atomic E-state index is 0.0953. The quantitative estimate of drug-likeness (QED) is 0.441. The molecule has 18 heavy (non-hydrogen) atoms. The molecular weight excluding hydrogens is 223 g/mol. The lowest BCUT2D eigenvalue weighted by molar-refractivity contribution is -0.138. The fraction of sp³-hybridized carbons (Fsp3) is 0.917. The summed E-state index contributed by atoms with van der Waals surface area (Å²) in [6.45, 7) is 7.35. The highest BCUT2D eigenvalue weighted by Crippen LogP contribution is 2.30. The van der Waals surface area contributed by atoms with Gasteiger partial charge in [-0.25, -0.2) is 0 Å². The molecule has 0 aliphatic rings. The van der Waals surface area contributed by atoms with E-state index in [0.717, 1.165) is 13.0 Å². The zero-order valence-electron chi connectivity index (χ0n) is 13.0. The monoisotopic (exact) mass is 251 g/mol. The molecule has 0 bridgehead atoms. The van der Waals surface area contributed by atoms with Crippen molar-refractivity contribution in [1.82, 2.24) is 5.32 Å². The Balaban J connectivity index is 4.18. The Morgan fingerprint density at radius 1 is 1.33 bits per heavy atom. The molecule has 0 amide bonds. The van der Waals surface area contributed by atoms with E-state index in [1.165, 1.54) is 19.3 Å².